The Bertz CT molecular complexity index is 203. The highest BCUT2D eigenvalue weighted by Crippen LogP contribution is 2.18. The molecule has 0 bridgehead atoms. The monoisotopic (exact) mass is 254 g/mol. The first kappa shape index (κ1) is 16.0. The van der Waals surface area contributed by atoms with Crippen LogP contribution in [-0.2, 0) is 0 Å². The highest BCUT2D eigenvalue weighted by molar-refractivity contribution is 4.79. The third-order valence-corrected chi connectivity index (χ3v) is 4.29. The van der Waals surface area contributed by atoms with Crippen molar-refractivity contribution < 1.29 is 0 Å². The lowest BCUT2D eigenvalue weighted by atomic mass is 10.1. The Morgan fingerprint density at radius 1 is 1.17 bits per heavy atom. The standard InChI is InChI=1S/C16H34N2/c1-5-6-7-8-9-15(4)17-12-16-10-11-18(13-16)14(2)3/h14-17H,5-13H2,1-4H3. The van der Waals surface area contributed by atoms with Crippen LogP contribution in [0.4, 0.5) is 0 Å². The fourth-order valence-corrected chi connectivity index (χ4v) is 2.85. The van der Waals surface area contributed by atoms with Gasteiger partial charge in [-0.2, -0.15) is 0 Å². The molecule has 0 aromatic heterocycles. The quantitative estimate of drug-likeness (QED) is 0.632. The molecule has 108 valence electrons. The number of nitrogens with one attached hydrogen (secondary N) is 1. The Morgan fingerprint density at radius 2 is 1.94 bits per heavy atom. The minimum atomic E-state index is 0.704. The first-order valence-electron chi connectivity index (χ1n) is 8.11. The summed E-state index contributed by atoms with van der Waals surface area (Å²) in [5.74, 6) is 0.880. The van der Waals surface area contributed by atoms with E-state index in [0.29, 0.717) is 6.04 Å². The van der Waals surface area contributed by atoms with E-state index in [1.165, 1.54) is 58.2 Å². The average molecular weight is 254 g/mol. The van der Waals surface area contributed by atoms with Gasteiger partial charge in [-0.15, -0.1) is 0 Å². The van der Waals surface area contributed by atoms with Crippen LogP contribution in [0.2, 0.25) is 0 Å². The van der Waals surface area contributed by atoms with Crippen LogP contribution in [0, 0.1) is 5.92 Å². The Labute approximate surface area is 115 Å². The SMILES string of the molecule is CCCCCCC(C)NCC1CCN(C(C)C)C1. The Hall–Kier alpha value is -0.0800. The molecule has 0 spiro atoms. The van der Waals surface area contributed by atoms with Crippen LogP contribution in [0.5, 0.6) is 0 Å². The van der Waals surface area contributed by atoms with Crippen molar-refractivity contribution in [3.63, 3.8) is 0 Å². The Kier molecular flexibility index (Phi) is 7.92. The highest BCUT2D eigenvalue weighted by atomic mass is 15.2. The van der Waals surface area contributed by atoms with Gasteiger partial charge >= 0.3 is 0 Å². The van der Waals surface area contributed by atoms with E-state index < -0.39 is 0 Å². The summed E-state index contributed by atoms with van der Waals surface area (Å²) in [6.45, 7) is 13.1. The van der Waals surface area contributed by atoms with Crippen LogP contribution < -0.4 is 5.32 Å². The maximum Gasteiger partial charge on any atom is 0.00388 e. The molecule has 0 aromatic rings. The lowest BCUT2D eigenvalue weighted by molar-refractivity contribution is 0.262. The van der Waals surface area contributed by atoms with Gasteiger partial charge < -0.3 is 10.2 Å². The first-order valence-corrected chi connectivity index (χ1v) is 8.11. The molecule has 2 unspecified atom stereocenters. The largest absolute Gasteiger partial charge is 0.314 e. The minimum absolute atomic E-state index is 0.704. The molecule has 1 heterocycles. The van der Waals surface area contributed by atoms with Crippen molar-refractivity contribution in [2.75, 3.05) is 19.6 Å². The van der Waals surface area contributed by atoms with Crippen LogP contribution >= 0.6 is 0 Å². The second-order valence-electron chi connectivity index (χ2n) is 6.40. The molecule has 1 aliphatic heterocycles. The molecule has 2 nitrogen and oxygen atoms in total. The van der Waals surface area contributed by atoms with Crippen molar-refractivity contribution in [1.29, 1.82) is 0 Å². The smallest absolute Gasteiger partial charge is 0.00388 e. The van der Waals surface area contributed by atoms with Crippen molar-refractivity contribution in [1.82, 2.24) is 10.2 Å². The fraction of sp³-hybridized carbons (Fsp3) is 1.00. The van der Waals surface area contributed by atoms with Gasteiger partial charge in [0.25, 0.3) is 0 Å². The number of unbranched alkanes of at least 4 members (excludes halogenated alkanes) is 3. The van der Waals surface area contributed by atoms with E-state index in [4.69, 9.17) is 0 Å². The van der Waals surface area contributed by atoms with Crippen molar-refractivity contribution in [2.45, 2.75) is 78.3 Å². The fourth-order valence-electron chi connectivity index (χ4n) is 2.85. The van der Waals surface area contributed by atoms with Gasteiger partial charge in [-0.3, -0.25) is 0 Å². The molecule has 2 heteroatoms. The van der Waals surface area contributed by atoms with Crippen molar-refractivity contribution >= 4 is 0 Å². The Balaban J connectivity index is 2.03. The van der Waals surface area contributed by atoms with E-state index in [-0.39, 0.29) is 0 Å². The molecular formula is C16H34N2. The topological polar surface area (TPSA) is 15.3 Å². The summed E-state index contributed by atoms with van der Waals surface area (Å²) in [6.07, 6.45) is 8.28. The van der Waals surface area contributed by atoms with Crippen molar-refractivity contribution in [3.05, 3.63) is 0 Å². The highest BCUT2D eigenvalue weighted by Gasteiger charge is 2.23. The summed E-state index contributed by atoms with van der Waals surface area (Å²) in [6, 6.07) is 1.43. The molecule has 1 aliphatic rings. The summed E-state index contributed by atoms with van der Waals surface area (Å²) >= 11 is 0. The summed E-state index contributed by atoms with van der Waals surface area (Å²) in [5, 5.41) is 3.73. The molecule has 0 amide bonds. The van der Waals surface area contributed by atoms with Crippen molar-refractivity contribution in [3.8, 4) is 0 Å². The van der Waals surface area contributed by atoms with Crippen LogP contribution in [0.15, 0.2) is 0 Å². The van der Waals surface area contributed by atoms with E-state index in [0.717, 1.165) is 12.0 Å². The number of hydrogen-bond donors (Lipinski definition) is 1. The van der Waals surface area contributed by atoms with Crippen LogP contribution in [-0.4, -0.2) is 36.6 Å². The second-order valence-corrected chi connectivity index (χ2v) is 6.40. The van der Waals surface area contributed by atoms with E-state index in [1.54, 1.807) is 0 Å². The van der Waals surface area contributed by atoms with Gasteiger partial charge in [0.1, 0.15) is 0 Å². The summed E-state index contributed by atoms with van der Waals surface area (Å²) < 4.78 is 0. The predicted molar refractivity (Wildman–Crippen MR) is 81.0 cm³/mol. The van der Waals surface area contributed by atoms with E-state index >= 15 is 0 Å². The van der Waals surface area contributed by atoms with Gasteiger partial charge in [0.15, 0.2) is 0 Å². The molecule has 1 fully saturated rings. The third-order valence-electron chi connectivity index (χ3n) is 4.29. The minimum Gasteiger partial charge on any atom is -0.314 e. The number of nitrogens with zero attached hydrogens (tertiary/aromatic N) is 1. The molecule has 18 heavy (non-hydrogen) atoms. The van der Waals surface area contributed by atoms with Gasteiger partial charge in [-0.1, -0.05) is 32.6 Å². The molecule has 2 atom stereocenters. The molecule has 1 N–H and O–H groups in total. The number of likely N-dealkylation sites (tertiary alicyclic amines) is 1. The lowest BCUT2D eigenvalue weighted by Gasteiger charge is -2.21. The molecule has 1 rings (SSSR count). The van der Waals surface area contributed by atoms with Gasteiger partial charge in [0.2, 0.25) is 0 Å². The molecule has 0 radical (unpaired) electrons. The molecular weight excluding hydrogens is 220 g/mol. The summed E-state index contributed by atoms with van der Waals surface area (Å²) in [5.41, 5.74) is 0. The van der Waals surface area contributed by atoms with Gasteiger partial charge in [-0.05, 0) is 52.6 Å². The lowest BCUT2D eigenvalue weighted by Crippen LogP contribution is -2.34. The third kappa shape index (κ3) is 6.19. The first-order chi connectivity index (χ1) is 8.63. The maximum atomic E-state index is 3.73. The zero-order valence-electron chi connectivity index (χ0n) is 13.0. The normalized spacial score (nSPS) is 22.8. The van der Waals surface area contributed by atoms with Crippen LogP contribution in [0.25, 0.3) is 0 Å². The second kappa shape index (κ2) is 8.92. The molecule has 0 aromatic carbocycles. The molecule has 1 saturated heterocycles. The predicted octanol–water partition coefficient (Wildman–Crippen LogP) is 3.67. The van der Waals surface area contributed by atoms with Crippen LogP contribution in [0.1, 0.15) is 66.2 Å². The Morgan fingerprint density at radius 3 is 2.56 bits per heavy atom. The van der Waals surface area contributed by atoms with E-state index in [9.17, 15) is 0 Å². The zero-order valence-corrected chi connectivity index (χ0v) is 13.0. The number of hydrogen-bond acceptors (Lipinski definition) is 2. The van der Waals surface area contributed by atoms with Gasteiger partial charge in [0.05, 0.1) is 0 Å². The van der Waals surface area contributed by atoms with Crippen LogP contribution in [0.3, 0.4) is 0 Å². The van der Waals surface area contributed by atoms with Crippen molar-refractivity contribution in [2.24, 2.45) is 5.92 Å². The average Bonchev–Trinajstić information content (AvgIpc) is 2.81. The summed E-state index contributed by atoms with van der Waals surface area (Å²) in [4.78, 5) is 2.61. The summed E-state index contributed by atoms with van der Waals surface area (Å²) in [7, 11) is 0. The van der Waals surface area contributed by atoms with Gasteiger partial charge in [-0.25, -0.2) is 0 Å². The maximum absolute atomic E-state index is 3.73. The van der Waals surface area contributed by atoms with E-state index in [1.807, 2.05) is 0 Å². The number of rotatable bonds is 9. The molecule has 0 saturated carbocycles. The van der Waals surface area contributed by atoms with Gasteiger partial charge in [0, 0.05) is 18.6 Å². The van der Waals surface area contributed by atoms with E-state index in [2.05, 4.69) is 37.9 Å². The zero-order chi connectivity index (χ0) is 13.4. The molecule has 0 aliphatic carbocycles.